The molecule has 2 amide bonds. The molecule has 6 nitrogen and oxygen atoms in total. The highest BCUT2D eigenvalue weighted by Gasteiger charge is 2.14. The van der Waals surface area contributed by atoms with Gasteiger partial charge in [-0.05, 0) is 43.5 Å². The van der Waals surface area contributed by atoms with Crippen LogP contribution in [0.5, 0.6) is 11.5 Å². The van der Waals surface area contributed by atoms with Gasteiger partial charge in [-0.3, -0.25) is 9.59 Å². The highest BCUT2D eigenvalue weighted by Crippen LogP contribution is 2.29. The van der Waals surface area contributed by atoms with Crippen molar-refractivity contribution in [2.24, 2.45) is 0 Å². The molecule has 0 aliphatic carbocycles. The summed E-state index contributed by atoms with van der Waals surface area (Å²) in [5.74, 6) is 0.296. The predicted molar refractivity (Wildman–Crippen MR) is 114 cm³/mol. The fourth-order valence-electron chi connectivity index (χ4n) is 2.96. The average Bonchev–Trinajstić information content (AvgIpc) is 2.72. The molecule has 3 rings (SSSR count). The van der Waals surface area contributed by atoms with Gasteiger partial charge in [0.1, 0.15) is 0 Å². The third-order valence-electron chi connectivity index (χ3n) is 4.27. The highest BCUT2D eigenvalue weighted by molar-refractivity contribution is 6.09. The molecule has 3 aromatic carbocycles. The molecule has 0 aliphatic rings. The Morgan fingerprint density at radius 2 is 1.72 bits per heavy atom. The van der Waals surface area contributed by atoms with Gasteiger partial charge in [-0.2, -0.15) is 0 Å². The van der Waals surface area contributed by atoms with E-state index in [1.807, 2.05) is 56.3 Å². The molecule has 6 heteroatoms. The van der Waals surface area contributed by atoms with Crippen molar-refractivity contribution in [3.8, 4) is 11.5 Å². The van der Waals surface area contributed by atoms with Gasteiger partial charge in [0.15, 0.2) is 18.1 Å². The topological polar surface area (TPSA) is 76.7 Å². The van der Waals surface area contributed by atoms with Crippen LogP contribution in [0.15, 0.2) is 60.7 Å². The SMILES string of the molecule is COc1cc(C(=O)Nc2cccc3ccccc23)ccc1OCC(=O)NC(C)C. The predicted octanol–water partition coefficient (Wildman–Crippen LogP) is 4.00. The van der Waals surface area contributed by atoms with Crippen molar-refractivity contribution in [2.45, 2.75) is 19.9 Å². The lowest BCUT2D eigenvalue weighted by Crippen LogP contribution is -2.34. The number of benzene rings is 3. The van der Waals surface area contributed by atoms with E-state index in [1.54, 1.807) is 18.2 Å². The first-order valence-electron chi connectivity index (χ1n) is 9.37. The van der Waals surface area contributed by atoms with Gasteiger partial charge >= 0.3 is 0 Å². The first-order valence-corrected chi connectivity index (χ1v) is 9.37. The van der Waals surface area contributed by atoms with E-state index < -0.39 is 0 Å². The number of methoxy groups -OCH3 is 1. The molecular weight excluding hydrogens is 368 g/mol. The Labute approximate surface area is 169 Å². The zero-order valence-electron chi connectivity index (χ0n) is 16.7. The van der Waals surface area contributed by atoms with E-state index in [2.05, 4.69) is 10.6 Å². The third-order valence-corrected chi connectivity index (χ3v) is 4.27. The Morgan fingerprint density at radius 3 is 2.48 bits per heavy atom. The van der Waals surface area contributed by atoms with E-state index in [9.17, 15) is 9.59 Å². The van der Waals surface area contributed by atoms with Crippen molar-refractivity contribution < 1.29 is 19.1 Å². The summed E-state index contributed by atoms with van der Waals surface area (Å²) in [6.45, 7) is 3.62. The number of nitrogens with one attached hydrogen (secondary N) is 2. The van der Waals surface area contributed by atoms with Crippen LogP contribution in [0, 0.1) is 0 Å². The largest absolute Gasteiger partial charge is 0.493 e. The molecule has 0 saturated carbocycles. The molecule has 0 bridgehead atoms. The first kappa shape index (κ1) is 20.2. The normalized spacial score (nSPS) is 10.6. The number of carbonyl (C=O) groups excluding carboxylic acids is 2. The van der Waals surface area contributed by atoms with Crippen molar-refractivity contribution in [3.05, 3.63) is 66.2 Å². The number of carbonyl (C=O) groups is 2. The van der Waals surface area contributed by atoms with Gasteiger partial charge in [0.2, 0.25) is 0 Å². The minimum absolute atomic E-state index is 0.0353. The second-order valence-electron chi connectivity index (χ2n) is 6.86. The van der Waals surface area contributed by atoms with Crippen molar-refractivity contribution >= 4 is 28.3 Å². The first-order chi connectivity index (χ1) is 14.0. The molecule has 2 N–H and O–H groups in total. The second-order valence-corrected chi connectivity index (χ2v) is 6.86. The van der Waals surface area contributed by atoms with Crippen LogP contribution in [0.2, 0.25) is 0 Å². The fraction of sp³-hybridized carbons (Fsp3) is 0.217. The lowest BCUT2D eigenvalue weighted by molar-refractivity contribution is -0.123. The highest BCUT2D eigenvalue weighted by atomic mass is 16.5. The molecule has 0 aliphatic heterocycles. The van der Waals surface area contributed by atoms with Crippen LogP contribution in [0.1, 0.15) is 24.2 Å². The molecular formula is C23H24N2O4. The summed E-state index contributed by atoms with van der Waals surface area (Å²) in [6, 6.07) is 18.5. The number of amides is 2. The average molecular weight is 392 g/mol. The van der Waals surface area contributed by atoms with Crippen LogP contribution in [0.3, 0.4) is 0 Å². The Hall–Kier alpha value is -3.54. The summed E-state index contributed by atoms with van der Waals surface area (Å²) in [6.07, 6.45) is 0. The molecule has 3 aromatic rings. The van der Waals surface area contributed by atoms with Crippen molar-refractivity contribution in [3.63, 3.8) is 0 Å². The minimum Gasteiger partial charge on any atom is -0.493 e. The Balaban J connectivity index is 1.75. The number of fused-ring (bicyclic) bond motifs is 1. The zero-order chi connectivity index (χ0) is 20.8. The molecule has 150 valence electrons. The molecule has 0 heterocycles. The third kappa shape index (κ3) is 5.04. The molecule has 0 aromatic heterocycles. The molecule has 0 radical (unpaired) electrons. The summed E-state index contributed by atoms with van der Waals surface area (Å²) >= 11 is 0. The van der Waals surface area contributed by atoms with Crippen molar-refractivity contribution in [1.82, 2.24) is 5.32 Å². The minimum atomic E-state index is -0.260. The molecule has 0 saturated heterocycles. The van der Waals surface area contributed by atoms with Crippen molar-refractivity contribution in [2.75, 3.05) is 19.0 Å². The maximum Gasteiger partial charge on any atom is 0.258 e. The summed E-state index contributed by atoms with van der Waals surface area (Å²) < 4.78 is 10.9. The number of anilines is 1. The van der Waals surface area contributed by atoms with Crippen LogP contribution < -0.4 is 20.1 Å². The standard InChI is InChI=1S/C23H24N2O4/c1-15(2)24-22(26)14-29-20-12-11-17(13-21(20)28-3)23(27)25-19-10-6-8-16-7-4-5-9-18(16)19/h4-13,15H,14H2,1-3H3,(H,24,26)(H,25,27). The summed E-state index contributed by atoms with van der Waals surface area (Å²) in [5.41, 5.74) is 1.16. The van der Waals surface area contributed by atoms with E-state index in [1.165, 1.54) is 7.11 Å². The second kappa shape index (κ2) is 9.10. The monoisotopic (exact) mass is 392 g/mol. The van der Waals surface area contributed by atoms with Gasteiger partial charge in [-0.1, -0.05) is 36.4 Å². The Kier molecular flexibility index (Phi) is 6.34. The van der Waals surface area contributed by atoms with Gasteiger partial charge in [0, 0.05) is 22.7 Å². The maximum absolute atomic E-state index is 12.8. The Morgan fingerprint density at radius 1 is 0.966 bits per heavy atom. The lowest BCUT2D eigenvalue weighted by Gasteiger charge is -2.14. The molecule has 0 unspecified atom stereocenters. The zero-order valence-corrected chi connectivity index (χ0v) is 16.7. The van der Waals surface area contributed by atoms with Crippen LogP contribution in [0.4, 0.5) is 5.69 Å². The number of hydrogen-bond acceptors (Lipinski definition) is 4. The van der Waals surface area contributed by atoms with E-state index in [0.29, 0.717) is 17.1 Å². The lowest BCUT2D eigenvalue weighted by atomic mass is 10.1. The van der Waals surface area contributed by atoms with Crippen LogP contribution in [-0.2, 0) is 4.79 Å². The van der Waals surface area contributed by atoms with Gasteiger partial charge in [-0.25, -0.2) is 0 Å². The molecule has 29 heavy (non-hydrogen) atoms. The summed E-state index contributed by atoms with van der Waals surface area (Å²) in [5, 5.41) is 7.71. The maximum atomic E-state index is 12.8. The summed E-state index contributed by atoms with van der Waals surface area (Å²) in [7, 11) is 1.49. The van der Waals surface area contributed by atoms with Gasteiger partial charge in [-0.15, -0.1) is 0 Å². The number of hydrogen-bond donors (Lipinski definition) is 2. The van der Waals surface area contributed by atoms with E-state index >= 15 is 0 Å². The molecule has 0 atom stereocenters. The number of ether oxygens (including phenoxy) is 2. The van der Waals surface area contributed by atoms with E-state index in [0.717, 1.165) is 16.5 Å². The quantitative estimate of drug-likeness (QED) is 0.637. The van der Waals surface area contributed by atoms with Gasteiger partial charge in [0.05, 0.1) is 7.11 Å². The fourth-order valence-corrected chi connectivity index (χ4v) is 2.96. The number of rotatable bonds is 7. The summed E-state index contributed by atoms with van der Waals surface area (Å²) in [4.78, 5) is 24.5. The molecule has 0 fully saturated rings. The van der Waals surface area contributed by atoms with Crippen molar-refractivity contribution in [1.29, 1.82) is 0 Å². The van der Waals surface area contributed by atoms with Crippen LogP contribution in [0.25, 0.3) is 10.8 Å². The Bertz CT molecular complexity index is 1030. The van der Waals surface area contributed by atoms with Gasteiger partial charge < -0.3 is 20.1 Å². The van der Waals surface area contributed by atoms with E-state index in [4.69, 9.17) is 9.47 Å². The van der Waals surface area contributed by atoms with Crippen LogP contribution in [-0.4, -0.2) is 31.6 Å². The van der Waals surface area contributed by atoms with E-state index in [-0.39, 0.29) is 24.5 Å². The van der Waals surface area contributed by atoms with Gasteiger partial charge in [0.25, 0.3) is 11.8 Å². The van der Waals surface area contributed by atoms with Crippen LogP contribution >= 0.6 is 0 Å². The molecule has 0 spiro atoms. The smallest absolute Gasteiger partial charge is 0.258 e.